The molecular weight excluding hydrogens is 354 g/mol. The normalized spacial score (nSPS) is 11.9. The number of aldehydes is 1. The summed E-state index contributed by atoms with van der Waals surface area (Å²) in [4.78, 5) is 21.3. The van der Waals surface area contributed by atoms with Crippen LogP contribution in [0, 0.1) is 17.0 Å². The summed E-state index contributed by atoms with van der Waals surface area (Å²) in [5.74, 6) is 0.369. The van der Waals surface area contributed by atoms with E-state index in [9.17, 15) is 14.9 Å². The van der Waals surface area contributed by atoms with Crippen molar-refractivity contribution in [2.24, 2.45) is 0 Å². The number of rotatable bonds is 6. The van der Waals surface area contributed by atoms with Gasteiger partial charge in [-0.1, -0.05) is 30.0 Å². The van der Waals surface area contributed by atoms with Crippen LogP contribution in [0.25, 0.3) is 11.5 Å². The molecule has 132 valence electrons. The maximum absolute atomic E-state index is 10.9. The molecule has 0 spiro atoms. The Morgan fingerprint density at radius 3 is 2.73 bits per heavy atom. The average molecular weight is 369 g/mol. The second-order valence-electron chi connectivity index (χ2n) is 5.68. The lowest BCUT2D eigenvalue weighted by molar-refractivity contribution is -0.384. The molecule has 8 heteroatoms. The van der Waals surface area contributed by atoms with E-state index in [-0.39, 0.29) is 10.9 Å². The zero-order valence-electron chi connectivity index (χ0n) is 14.1. The van der Waals surface area contributed by atoms with Crippen LogP contribution in [-0.4, -0.2) is 21.4 Å². The van der Waals surface area contributed by atoms with Gasteiger partial charge in [-0.3, -0.25) is 14.9 Å². The van der Waals surface area contributed by atoms with Gasteiger partial charge < -0.3 is 4.42 Å². The zero-order valence-corrected chi connectivity index (χ0v) is 14.9. The first-order valence-corrected chi connectivity index (χ1v) is 8.66. The molecule has 1 aromatic heterocycles. The van der Waals surface area contributed by atoms with Crippen molar-refractivity contribution in [2.45, 2.75) is 24.3 Å². The van der Waals surface area contributed by atoms with Crippen LogP contribution in [-0.2, 0) is 0 Å². The van der Waals surface area contributed by atoms with Gasteiger partial charge in [-0.05, 0) is 37.1 Å². The fourth-order valence-corrected chi connectivity index (χ4v) is 3.28. The molecule has 1 unspecified atom stereocenters. The highest BCUT2D eigenvalue weighted by Gasteiger charge is 2.17. The first-order valence-electron chi connectivity index (χ1n) is 7.78. The topological polar surface area (TPSA) is 99.1 Å². The summed E-state index contributed by atoms with van der Waals surface area (Å²) in [5.41, 5.74) is 3.06. The van der Waals surface area contributed by atoms with Crippen molar-refractivity contribution in [1.82, 2.24) is 10.2 Å². The third-order valence-corrected chi connectivity index (χ3v) is 4.84. The number of aromatic nitrogens is 2. The van der Waals surface area contributed by atoms with Gasteiger partial charge in [-0.2, -0.15) is 0 Å². The fraction of sp³-hybridized carbons (Fsp3) is 0.167. The van der Waals surface area contributed by atoms with Crippen molar-refractivity contribution in [1.29, 1.82) is 0 Å². The fourth-order valence-electron chi connectivity index (χ4n) is 2.48. The van der Waals surface area contributed by atoms with Crippen LogP contribution in [0.3, 0.4) is 0 Å². The number of non-ortho nitro benzene ring substituents is 1. The average Bonchev–Trinajstić information content (AvgIpc) is 3.09. The van der Waals surface area contributed by atoms with Crippen LogP contribution in [0.5, 0.6) is 0 Å². The highest BCUT2D eigenvalue weighted by atomic mass is 32.2. The molecule has 26 heavy (non-hydrogen) atoms. The zero-order chi connectivity index (χ0) is 18.7. The van der Waals surface area contributed by atoms with Gasteiger partial charge in [0, 0.05) is 28.5 Å². The summed E-state index contributed by atoms with van der Waals surface area (Å²) in [5, 5.41) is 19.3. The molecule has 0 bridgehead atoms. The standard InChI is InChI=1S/C18H15N3O4S/c1-11-8-13(10-22)6-7-16(11)17-19-20-18(25-17)26-12(2)14-4-3-5-15(9-14)21(23)24/h3-10,12H,1-2H3. The summed E-state index contributed by atoms with van der Waals surface area (Å²) in [6.07, 6.45) is 0.784. The van der Waals surface area contributed by atoms with Crippen LogP contribution in [0.1, 0.15) is 33.7 Å². The van der Waals surface area contributed by atoms with Crippen molar-refractivity contribution in [2.75, 3.05) is 0 Å². The van der Waals surface area contributed by atoms with Crippen molar-refractivity contribution in [3.05, 3.63) is 69.3 Å². The lowest BCUT2D eigenvalue weighted by atomic mass is 10.1. The van der Waals surface area contributed by atoms with E-state index in [1.165, 1.54) is 23.9 Å². The first kappa shape index (κ1) is 17.8. The molecule has 7 nitrogen and oxygen atoms in total. The second kappa shape index (κ2) is 7.49. The molecule has 0 saturated heterocycles. The SMILES string of the molecule is Cc1cc(C=O)ccc1-c1nnc(SC(C)c2cccc([N+](=O)[O-])c2)o1. The quantitative estimate of drug-likeness (QED) is 0.270. The predicted octanol–water partition coefficient (Wildman–Crippen LogP) is 4.62. The number of thioether (sulfide) groups is 1. The van der Waals surface area contributed by atoms with Crippen molar-refractivity contribution < 1.29 is 14.1 Å². The Balaban J connectivity index is 1.79. The summed E-state index contributed by atoms with van der Waals surface area (Å²) in [6.45, 7) is 3.78. The van der Waals surface area contributed by atoms with Gasteiger partial charge in [0.2, 0.25) is 5.89 Å². The van der Waals surface area contributed by atoms with E-state index in [2.05, 4.69) is 10.2 Å². The van der Waals surface area contributed by atoms with Crippen LogP contribution >= 0.6 is 11.8 Å². The number of aryl methyl sites for hydroxylation is 1. The van der Waals surface area contributed by atoms with Crippen molar-refractivity contribution in [3.63, 3.8) is 0 Å². The molecule has 0 aliphatic heterocycles. The molecule has 0 aliphatic rings. The minimum absolute atomic E-state index is 0.0482. The Kier molecular flexibility index (Phi) is 5.13. The van der Waals surface area contributed by atoms with Crippen LogP contribution < -0.4 is 0 Å². The second-order valence-corrected chi connectivity index (χ2v) is 6.97. The molecule has 0 saturated carbocycles. The van der Waals surface area contributed by atoms with E-state index in [0.29, 0.717) is 16.7 Å². The van der Waals surface area contributed by atoms with Crippen LogP contribution in [0.15, 0.2) is 52.1 Å². The van der Waals surface area contributed by atoms with Gasteiger partial charge in [0.15, 0.2) is 0 Å². The maximum atomic E-state index is 10.9. The van der Waals surface area contributed by atoms with Gasteiger partial charge in [0.25, 0.3) is 10.9 Å². The van der Waals surface area contributed by atoms with E-state index in [1.54, 1.807) is 24.3 Å². The molecule has 0 aliphatic carbocycles. The third kappa shape index (κ3) is 3.80. The Labute approximate surface area is 153 Å². The number of nitrogens with zero attached hydrogens (tertiary/aromatic N) is 3. The van der Waals surface area contributed by atoms with Gasteiger partial charge in [-0.15, -0.1) is 10.2 Å². The minimum atomic E-state index is -0.419. The molecule has 2 aromatic carbocycles. The molecule has 0 amide bonds. The number of nitro benzene ring substituents is 1. The minimum Gasteiger partial charge on any atom is -0.411 e. The Morgan fingerprint density at radius 2 is 2.04 bits per heavy atom. The summed E-state index contributed by atoms with van der Waals surface area (Å²) < 4.78 is 5.71. The molecule has 1 atom stereocenters. The molecular formula is C18H15N3O4S. The largest absolute Gasteiger partial charge is 0.411 e. The van der Waals surface area contributed by atoms with E-state index in [1.807, 2.05) is 19.9 Å². The van der Waals surface area contributed by atoms with Crippen LogP contribution in [0.2, 0.25) is 0 Å². The van der Waals surface area contributed by atoms with Crippen molar-refractivity contribution >= 4 is 23.7 Å². The molecule has 0 N–H and O–H groups in total. The smallest absolute Gasteiger partial charge is 0.277 e. The first-order chi connectivity index (χ1) is 12.5. The number of hydrogen-bond acceptors (Lipinski definition) is 7. The lowest BCUT2D eigenvalue weighted by Crippen LogP contribution is -1.92. The van der Waals surface area contributed by atoms with E-state index in [0.717, 1.165) is 23.0 Å². The van der Waals surface area contributed by atoms with Gasteiger partial charge in [0.05, 0.1) is 4.92 Å². The van der Waals surface area contributed by atoms with E-state index < -0.39 is 4.92 Å². The monoisotopic (exact) mass is 369 g/mol. The number of carbonyl (C=O) groups is 1. The van der Waals surface area contributed by atoms with Crippen LogP contribution in [0.4, 0.5) is 5.69 Å². The van der Waals surface area contributed by atoms with Gasteiger partial charge in [-0.25, -0.2) is 0 Å². The Morgan fingerprint density at radius 1 is 1.23 bits per heavy atom. The number of nitro groups is 1. The van der Waals surface area contributed by atoms with Crippen molar-refractivity contribution in [3.8, 4) is 11.5 Å². The van der Waals surface area contributed by atoms with E-state index in [4.69, 9.17) is 4.42 Å². The number of benzene rings is 2. The molecule has 0 fully saturated rings. The number of carbonyl (C=O) groups excluding carboxylic acids is 1. The Bertz CT molecular complexity index is 971. The lowest BCUT2D eigenvalue weighted by Gasteiger charge is -2.08. The van der Waals surface area contributed by atoms with Gasteiger partial charge >= 0.3 is 0 Å². The van der Waals surface area contributed by atoms with E-state index >= 15 is 0 Å². The predicted molar refractivity (Wildman–Crippen MR) is 97.2 cm³/mol. The summed E-state index contributed by atoms with van der Waals surface area (Å²) in [6, 6.07) is 11.7. The highest BCUT2D eigenvalue weighted by Crippen LogP contribution is 2.36. The highest BCUT2D eigenvalue weighted by molar-refractivity contribution is 7.99. The molecule has 3 aromatic rings. The molecule has 1 heterocycles. The van der Waals surface area contributed by atoms with Gasteiger partial charge in [0.1, 0.15) is 6.29 Å². The molecule has 3 rings (SSSR count). The summed E-state index contributed by atoms with van der Waals surface area (Å²) in [7, 11) is 0. The number of hydrogen-bond donors (Lipinski definition) is 0. The summed E-state index contributed by atoms with van der Waals surface area (Å²) >= 11 is 1.33. The third-order valence-electron chi connectivity index (χ3n) is 3.85. The maximum Gasteiger partial charge on any atom is 0.277 e. The Hall–Kier alpha value is -3.00. The molecule has 0 radical (unpaired) electrons.